The van der Waals surface area contributed by atoms with E-state index in [9.17, 15) is 18.0 Å². The molecule has 0 atom stereocenters. The van der Waals surface area contributed by atoms with Crippen LogP contribution in [-0.2, 0) is 24.3 Å². The van der Waals surface area contributed by atoms with Gasteiger partial charge in [0.15, 0.2) is 17.3 Å². The Morgan fingerprint density at radius 1 is 1.14 bits per heavy atom. The van der Waals surface area contributed by atoms with Crippen LogP contribution in [0.15, 0.2) is 23.1 Å². The monoisotopic (exact) mass is 331 g/mol. The van der Waals surface area contributed by atoms with Gasteiger partial charge < -0.3 is 14.2 Å². The molecule has 0 saturated heterocycles. The van der Waals surface area contributed by atoms with Gasteiger partial charge in [0, 0.05) is 6.07 Å². The van der Waals surface area contributed by atoms with E-state index in [1.165, 1.54) is 39.3 Å². The Balaban J connectivity index is 2.78. The van der Waals surface area contributed by atoms with Gasteiger partial charge in [-0.05, 0) is 19.1 Å². The smallest absolute Gasteiger partial charge is 0.321 e. The first-order valence-corrected chi connectivity index (χ1v) is 7.65. The van der Waals surface area contributed by atoms with Gasteiger partial charge in [0.1, 0.15) is 13.2 Å². The number of benzene rings is 1. The second-order valence-corrected chi connectivity index (χ2v) is 5.97. The summed E-state index contributed by atoms with van der Waals surface area (Å²) < 4.78 is 40.8. The van der Waals surface area contributed by atoms with Crippen LogP contribution < -0.4 is 14.2 Å². The van der Waals surface area contributed by atoms with Crippen LogP contribution >= 0.6 is 0 Å². The number of nitrogens with one attached hydrogen (secondary N) is 1. The second kappa shape index (κ2) is 7.76. The number of Topliss-reactive ketones (excluding diaryl/α,β-unsaturated/α-hetero) is 1. The Bertz CT molecular complexity index is 654. The van der Waals surface area contributed by atoms with E-state index >= 15 is 0 Å². The molecule has 0 aliphatic heterocycles. The third kappa shape index (κ3) is 5.01. The molecule has 9 heteroatoms. The molecule has 0 unspecified atom stereocenters. The Morgan fingerprint density at radius 2 is 1.77 bits per heavy atom. The highest BCUT2D eigenvalue weighted by molar-refractivity contribution is 7.89. The molecule has 8 nitrogen and oxygen atoms in total. The number of ether oxygens (including phenoxy) is 3. The Kier molecular flexibility index (Phi) is 6.32. The third-order valence-electron chi connectivity index (χ3n) is 2.51. The Labute approximate surface area is 128 Å². The summed E-state index contributed by atoms with van der Waals surface area (Å²) in [5.74, 6) is -0.567. The summed E-state index contributed by atoms with van der Waals surface area (Å²) in [6, 6.07) is 4.01. The number of esters is 1. The van der Waals surface area contributed by atoms with Crippen LogP contribution in [0.2, 0.25) is 0 Å². The molecular weight excluding hydrogens is 314 g/mol. The van der Waals surface area contributed by atoms with Crippen molar-refractivity contribution in [3.05, 3.63) is 18.2 Å². The van der Waals surface area contributed by atoms with Gasteiger partial charge in [-0.15, -0.1) is 0 Å². The number of carbonyl (C=O) groups excluding carboxylic acids is 2. The lowest BCUT2D eigenvalue weighted by molar-refractivity contribution is -0.146. The van der Waals surface area contributed by atoms with Crippen LogP contribution in [0.4, 0.5) is 0 Å². The highest BCUT2D eigenvalue weighted by atomic mass is 32.2. The molecule has 0 heterocycles. The fraction of sp³-hybridized carbons (Fsp3) is 0.385. The van der Waals surface area contributed by atoms with E-state index in [0.29, 0.717) is 5.75 Å². The first kappa shape index (κ1) is 17.9. The minimum atomic E-state index is -3.92. The second-order valence-electron chi connectivity index (χ2n) is 4.20. The average Bonchev–Trinajstić information content (AvgIpc) is 2.50. The summed E-state index contributed by atoms with van der Waals surface area (Å²) in [6.45, 7) is 0.280. The van der Waals surface area contributed by atoms with Gasteiger partial charge in [-0.25, -0.2) is 8.42 Å². The normalized spacial score (nSPS) is 10.9. The number of ketones is 1. The lowest BCUT2D eigenvalue weighted by atomic mass is 10.3. The van der Waals surface area contributed by atoms with Crippen LogP contribution in [0, 0.1) is 0 Å². The maximum absolute atomic E-state index is 12.1. The van der Waals surface area contributed by atoms with Crippen molar-refractivity contribution in [3.8, 4) is 11.5 Å². The molecule has 0 spiro atoms. The highest BCUT2D eigenvalue weighted by Gasteiger charge is 2.18. The molecule has 0 aliphatic rings. The SMILES string of the molecule is COc1ccc(S(=O)(=O)NCC(=O)OCC(C)=O)cc1OC. The first-order chi connectivity index (χ1) is 10.3. The molecule has 0 aliphatic carbocycles. The van der Waals surface area contributed by atoms with E-state index < -0.39 is 29.1 Å². The zero-order valence-electron chi connectivity index (χ0n) is 12.4. The summed E-state index contributed by atoms with van der Waals surface area (Å²) in [6.07, 6.45) is 0. The molecule has 0 bridgehead atoms. The summed E-state index contributed by atoms with van der Waals surface area (Å²) >= 11 is 0. The fourth-order valence-electron chi connectivity index (χ4n) is 1.45. The van der Waals surface area contributed by atoms with Gasteiger partial charge in [0.05, 0.1) is 19.1 Å². The number of hydrogen-bond acceptors (Lipinski definition) is 7. The molecule has 122 valence electrons. The number of carbonyl (C=O) groups is 2. The molecule has 1 aromatic rings. The van der Waals surface area contributed by atoms with Crippen LogP contribution in [0.3, 0.4) is 0 Å². The molecule has 0 amide bonds. The highest BCUT2D eigenvalue weighted by Crippen LogP contribution is 2.29. The van der Waals surface area contributed by atoms with Gasteiger partial charge in [0.2, 0.25) is 10.0 Å². The van der Waals surface area contributed by atoms with Crippen molar-refractivity contribution in [1.82, 2.24) is 4.72 Å². The van der Waals surface area contributed by atoms with Crippen molar-refractivity contribution in [2.75, 3.05) is 27.4 Å². The summed E-state index contributed by atoms with van der Waals surface area (Å²) in [5, 5.41) is 0. The van der Waals surface area contributed by atoms with Crippen molar-refractivity contribution in [1.29, 1.82) is 0 Å². The number of sulfonamides is 1. The van der Waals surface area contributed by atoms with Gasteiger partial charge in [-0.2, -0.15) is 4.72 Å². The van der Waals surface area contributed by atoms with E-state index in [-0.39, 0.29) is 16.4 Å². The third-order valence-corrected chi connectivity index (χ3v) is 3.91. The van der Waals surface area contributed by atoms with Crippen LogP contribution in [0.1, 0.15) is 6.92 Å². The number of methoxy groups -OCH3 is 2. The number of hydrogen-bond donors (Lipinski definition) is 1. The van der Waals surface area contributed by atoms with Crippen molar-refractivity contribution >= 4 is 21.8 Å². The average molecular weight is 331 g/mol. The van der Waals surface area contributed by atoms with Gasteiger partial charge >= 0.3 is 5.97 Å². The Morgan fingerprint density at radius 3 is 2.32 bits per heavy atom. The standard InChI is InChI=1S/C13H17NO7S/c1-9(15)8-21-13(16)7-14-22(17,18)10-4-5-11(19-2)12(6-10)20-3/h4-6,14H,7-8H2,1-3H3. The molecule has 0 saturated carbocycles. The largest absolute Gasteiger partial charge is 0.493 e. The van der Waals surface area contributed by atoms with Crippen LogP contribution in [0.5, 0.6) is 11.5 Å². The van der Waals surface area contributed by atoms with Gasteiger partial charge in [-0.3, -0.25) is 9.59 Å². The lowest BCUT2D eigenvalue weighted by Gasteiger charge is -2.10. The number of rotatable bonds is 8. The van der Waals surface area contributed by atoms with E-state index in [4.69, 9.17) is 9.47 Å². The summed E-state index contributed by atoms with van der Waals surface area (Å²) in [7, 11) is -1.12. The fourth-order valence-corrected chi connectivity index (χ4v) is 2.44. The van der Waals surface area contributed by atoms with E-state index in [1.807, 2.05) is 0 Å². The van der Waals surface area contributed by atoms with Crippen LogP contribution in [0.25, 0.3) is 0 Å². The predicted molar refractivity (Wildman–Crippen MR) is 76.4 cm³/mol. The van der Waals surface area contributed by atoms with Crippen LogP contribution in [-0.4, -0.2) is 47.5 Å². The van der Waals surface area contributed by atoms with E-state index in [0.717, 1.165) is 0 Å². The molecule has 22 heavy (non-hydrogen) atoms. The molecule has 0 aromatic heterocycles. The predicted octanol–water partition coefficient (Wildman–Crippen LogP) is 0.114. The molecule has 1 N–H and O–H groups in total. The molecule has 0 fully saturated rings. The van der Waals surface area contributed by atoms with Crippen molar-refractivity contribution < 1.29 is 32.2 Å². The molecule has 0 radical (unpaired) electrons. The van der Waals surface area contributed by atoms with Gasteiger partial charge in [0.25, 0.3) is 0 Å². The summed E-state index contributed by atoms with van der Waals surface area (Å²) in [4.78, 5) is 21.9. The maximum Gasteiger partial charge on any atom is 0.321 e. The van der Waals surface area contributed by atoms with E-state index in [1.54, 1.807) is 0 Å². The maximum atomic E-state index is 12.1. The van der Waals surface area contributed by atoms with E-state index in [2.05, 4.69) is 9.46 Å². The quantitative estimate of drug-likeness (QED) is 0.674. The minimum Gasteiger partial charge on any atom is -0.493 e. The molecule has 1 rings (SSSR count). The first-order valence-electron chi connectivity index (χ1n) is 6.17. The van der Waals surface area contributed by atoms with Gasteiger partial charge in [-0.1, -0.05) is 0 Å². The summed E-state index contributed by atoms with van der Waals surface area (Å²) in [5.41, 5.74) is 0. The van der Waals surface area contributed by atoms with Crippen molar-refractivity contribution in [2.45, 2.75) is 11.8 Å². The Hall–Kier alpha value is -2.13. The minimum absolute atomic E-state index is 0.0930. The topological polar surface area (TPSA) is 108 Å². The van der Waals surface area contributed by atoms with Crippen molar-refractivity contribution in [2.24, 2.45) is 0 Å². The lowest BCUT2D eigenvalue weighted by Crippen LogP contribution is -2.31. The van der Waals surface area contributed by atoms with Crippen molar-refractivity contribution in [3.63, 3.8) is 0 Å². The molecule has 1 aromatic carbocycles. The zero-order chi connectivity index (χ0) is 16.8. The molecular formula is C13H17NO7S. The zero-order valence-corrected chi connectivity index (χ0v) is 13.2.